The van der Waals surface area contributed by atoms with Crippen LogP contribution >= 0.6 is 0 Å². The van der Waals surface area contributed by atoms with E-state index in [-0.39, 0.29) is 31.1 Å². The summed E-state index contributed by atoms with van der Waals surface area (Å²) in [5, 5.41) is 12.1. The van der Waals surface area contributed by atoms with Gasteiger partial charge in [0.15, 0.2) is 0 Å². The Morgan fingerprint density at radius 1 is 1.35 bits per heavy atom. The van der Waals surface area contributed by atoms with E-state index in [2.05, 4.69) is 10.1 Å². The van der Waals surface area contributed by atoms with Crippen LogP contribution < -0.4 is 5.32 Å². The molecule has 17 heavy (non-hydrogen) atoms. The number of aliphatic hydroxyl groups is 1. The van der Waals surface area contributed by atoms with Crippen molar-refractivity contribution in [2.24, 2.45) is 0 Å². The van der Waals surface area contributed by atoms with Gasteiger partial charge in [0.2, 0.25) is 5.91 Å². The Labute approximate surface area is 99.3 Å². The number of aliphatic hydroxyl groups excluding tert-OH is 1. The zero-order chi connectivity index (χ0) is 12.7. The maximum atomic E-state index is 11.7. The minimum absolute atomic E-state index is 0.0194. The number of rotatable bonds is 6. The topological polar surface area (TPSA) is 58.6 Å². The summed E-state index contributed by atoms with van der Waals surface area (Å²) in [5.41, 5.74) is 0. The Morgan fingerprint density at radius 2 is 2.00 bits per heavy atom. The van der Waals surface area contributed by atoms with Crippen molar-refractivity contribution in [3.05, 3.63) is 0 Å². The lowest BCUT2D eigenvalue weighted by atomic mass is 9.93. The summed E-state index contributed by atoms with van der Waals surface area (Å²) in [4.78, 5) is 11.4. The summed E-state index contributed by atoms with van der Waals surface area (Å²) in [6, 6.07) is 0.0981. The van der Waals surface area contributed by atoms with Gasteiger partial charge in [0.1, 0.15) is 6.61 Å². The van der Waals surface area contributed by atoms with E-state index in [9.17, 15) is 18.7 Å². The Kier molecular flexibility index (Phi) is 6.36. The normalized spacial score (nSPS) is 24.9. The number of carbonyl (C=O) groups is 1. The van der Waals surface area contributed by atoms with Crippen molar-refractivity contribution in [3.63, 3.8) is 0 Å². The lowest BCUT2D eigenvalue weighted by molar-refractivity contribution is -0.123. The molecule has 2 N–H and O–H groups in total. The summed E-state index contributed by atoms with van der Waals surface area (Å²) < 4.78 is 28.1. The predicted octanol–water partition coefficient (Wildman–Crippen LogP) is 1.08. The molecule has 1 rings (SSSR count). The van der Waals surface area contributed by atoms with E-state index in [1.807, 2.05) is 0 Å². The zero-order valence-corrected chi connectivity index (χ0v) is 9.70. The molecule has 1 aliphatic rings. The van der Waals surface area contributed by atoms with Crippen LogP contribution in [0.5, 0.6) is 0 Å². The van der Waals surface area contributed by atoms with E-state index in [1.54, 1.807) is 0 Å². The highest BCUT2D eigenvalue weighted by molar-refractivity contribution is 5.76. The van der Waals surface area contributed by atoms with E-state index in [1.165, 1.54) is 0 Å². The molecule has 1 fully saturated rings. The minimum atomic E-state index is -2.49. The van der Waals surface area contributed by atoms with Crippen LogP contribution in [0, 0.1) is 0 Å². The SMILES string of the molecule is O=C(CCOCC(F)F)NC1CCC(O)CC1. The van der Waals surface area contributed by atoms with Crippen molar-refractivity contribution < 1.29 is 23.4 Å². The molecular weight excluding hydrogens is 232 g/mol. The summed E-state index contributed by atoms with van der Waals surface area (Å²) in [5.74, 6) is -0.180. The average Bonchev–Trinajstić information content (AvgIpc) is 2.27. The highest BCUT2D eigenvalue weighted by Crippen LogP contribution is 2.18. The molecule has 0 atom stereocenters. The second kappa shape index (κ2) is 7.55. The standard InChI is InChI=1S/C11H19F2NO3/c12-10(13)7-17-6-5-11(16)14-8-1-3-9(15)4-2-8/h8-10,15H,1-7H2,(H,14,16). The van der Waals surface area contributed by atoms with Gasteiger partial charge in [0.25, 0.3) is 6.43 Å². The number of alkyl halides is 2. The Bertz CT molecular complexity index is 231. The molecule has 100 valence electrons. The van der Waals surface area contributed by atoms with Crippen molar-refractivity contribution >= 4 is 5.91 Å². The maximum Gasteiger partial charge on any atom is 0.261 e. The Hall–Kier alpha value is -0.750. The van der Waals surface area contributed by atoms with Crippen LogP contribution in [-0.2, 0) is 9.53 Å². The minimum Gasteiger partial charge on any atom is -0.393 e. The first kappa shape index (κ1) is 14.3. The lowest BCUT2D eigenvalue weighted by Gasteiger charge is -2.26. The monoisotopic (exact) mass is 251 g/mol. The third-order valence-corrected chi connectivity index (χ3v) is 2.78. The molecule has 0 bridgehead atoms. The van der Waals surface area contributed by atoms with Crippen molar-refractivity contribution in [1.82, 2.24) is 5.32 Å². The van der Waals surface area contributed by atoms with Gasteiger partial charge < -0.3 is 15.2 Å². The number of ether oxygens (including phenoxy) is 1. The highest BCUT2D eigenvalue weighted by atomic mass is 19.3. The molecule has 0 saturated heterocycles. The van der Waals surface area contributed by atoms with Gasteiger partial charge in [-0.1, -0.05) is 0 Å². The third kappa shape index (κ3) is 6.53. The number of nitrogens with one attached hydrogen (secondary N) is 1. The Balaban J connectivity index is 2.04. The van der Waals surface area contributed by atoms with E-state index < -0.39 is 13.0 Å². The van der Waals surface area contributed by atoms with Gasteiger partial charge >= 0.3 is 0 Å². The van der Waals surface area contributed by atoms with Crippen LogP contribution in [0.25, 0.3) is 0 Å². The average molecular weight is 251 g/mol. The van der Waals surface area contributed by atoms with Gasteiger partial charge in [0.05, 0.1) is 12.7 Å². The second-order valence-electron chi connectivity index (χ2n) is 4.29. The number of hydrogen-bond acceptors (Lipinski definition) is 3. The van der Waals surface area contributed by atoms with Crippen LogP contribution in [0.3, 0.4) is 0 Å². The summed E-state index contributed by atoms with van der Waals surface area (Å²) >= 11 is 0. The van der Waals surface area contributed by atoms with Crippen molar-refractivity contribution in [3.8, 4) is 0 Å². The summed E-state index contributed by atoms with van der Waals surface area (Å²) in [7, 11) is 0. The molecule has 0 unspecified atom stereocenters. The maximum absolute atomic E-state index is 11.7. The summed E-state index contributed by atoms with van der Waals surface area (Å²) in [6.07, 6.45) is 0.302. The molecule has 4 nitrogen and oxygen atoms in total. The van der Waals surface area contributed by atoms with Crippen molar-refractivity contribution in [2.45, 2.75) is 50.7 Å². The van der Waals surface area contributed by atoms with Crippen LogP contribution in [-0.4, -0.2) is 42.8 Å². The number of amides is 1. The van der Waals surface area contributed by atoms with Crippen molar-refractivity contribution in [1.29, 1.82) is 0 Å². The molecule has 1 aliphatic carbocycles. The number of halogens is 2. The van der Waals surface area contributed by atoms with E-state index >= 15 is 0 Å². The predicted molar refractivity (Wildman–Crippen MR) is 57.8 cm³/mol. The lowest BCUT2D eigenvalue weighted by Crippen LogP contribution is -2.38. The molecule has 6 heteroatoms. The molecule has 0 aromatic heterocycles. The van der Waals surface area contributed by atoms with E-state index in [0.717, 1.165) is 12.8 Å². The van der Waals surface area contributed by atoms with Gasteiger partial charge in [-0.25, -0.2) is 8.78 Å². The quantitative estimate of drug-likeness (QED) is 0.694. The first-order valence-electron chi connectivity index (χ1n) is 5.91. The molecule has 0 spiro atoms. The fourth-order valence-corrected chi connectivity index (χ4v) is 1.86. The zero-order valence-electron chi connectivity index (χ0n) is 9.70. The molecule has 0 aromatic rings. The molecule has 0 radical (unpaired) electrons. The number of hydrogen-bond donors (Lipinski definition) is 2. The second-order valence-corrected chi connectivity index (χ2v) is 4.29. The largest absolute Gasteiger partial charge is 0.393 e. The van der Waals surface area contributed by atoms with Crippen molar-refractivity contribution in [2.75, 3.05) is 13.2 Å². The third-order valence-electron chi connectivity index (χ3n) is 2.78. The number of carbonyl (C=O) groups excluding carboxylic acids is 1. The van der Waals surface area contributed by atoms with Gasteiger partial charge in [-0.15, -0.1) is 0 Å². The fraction of sp³-hybridized carbons (Fsp3) is 0.909. The highest BCUT2D eigenvalue weighted by Gasteiger charge is 2.20. The van der Waals surface area contributed by atoms with Gasteiger partial charge in [-0.05, 0) is 25.7 Å². The fourth-order valence-electron chi connectivity index (χ4n) is 1.86. The molecule has 1 amide bonds. The van der Waals surface area contributed by atoms with Gasteiger partial charge in [-0.2, -0.15) is 0 Å². The van der Waals surface area contributed by atoms with Crippen LogP contribution in [0.1, 0.15) is 32.1 Å². The summed E-state index contributed by atoms with van der Waals surface area (Å²) in [6.45, 7) is -0.603. The van der Waals surface area contributed by atoms with Gasteiger partial charge in [0, 0.05) is 12.5 Å². The van der Waals surface area contributed by atoms with E-state index in [0.29, 0.717) is 12.8 Å². The Morgan fingerprint density at radius 3 is 2.59 bits per heavy atom. The molecule has 1 saturated carbocycles. The molecule has 0 heterocycles. The van der Waals surface area contributed by atoms with Crippen LogP contribution in [0.2, 0.25) is 0 Å². The van der Waals surface area contributed by atoms with Gasteiger partial charge in [-0.3, -0.25) is 4.79 Å². The molecule has 0 aromatic carbocycles. The molecular formula is C11H19F2NO3. The smallest absolute Gasteiger partial charge is 0.261 e. The van der Waals surface area contributed by atoms with E-state index in [4.69, 9.17) is 0 Å². The first-order valence-corrected chi connectivity index (χ1v) is 5.91. The first-order chi connectivity index (χ1) is 8.08. The van der Waals surface area contributed by atoms with Crippen LogP contribution in [0.4, 0.5) is 8.78 Å². The van der Waals surface area contributed by atoms with Crippen LogP contribution in [0.15, 0.2) is 0 Å². The molecule has 0 aliphatic heterocycles.